The maximum atomic E-state index is 12.4. The minimum atomic E-state index is -3.76. The zero-order valence-electron chi connectivity index (χ0n) is 11.9. The van der Waals surface area contributed by atoms with Gasteiger partial charge in [0.05, 0.1) is 11.9 Å². The smallest absolute Gasteiger partial charge is 0.267 e. The van der Waals surface area contributed by atoms with Crippen LogP contribution in [0.1, 0.15) is 11.5 Å². The van der Waals surface area contributed by atoms with E-state index in [1.54, 1.807) is 49.3 Å². The van der Waals surface area contributed by atoms with Gasteiger partial charge in [-0.3, -0.25) is 9.29 Å². The topological polar surface area (TPSA) is 103 Å². The quantitative estimate of drug-likeness (QED) is 0.784. The minimum Gasteiger partial charge on any atom is -0.360 e. The molecule has 3 heterocycles. The van der Waals surface area contributed by atoms with Gasteiger partial charge < -0.3 is 4.52 Å². The van der Waals surface area contributed by atoms with Gasteiger partial charge in [-0.05, 0) is 26.0 Å². The average molecular weight is 319 g/mol. The van der Waals surface area contributed by atoms with E-state index in [0.29, 0.717) is 17.2 Å². The number of sulfonamides is 1. The number of nitrogens with zero attached hydrogens (tertiary/aromatic N) is 4. The molecule has 8 nitrogen and oxygen atoms in total. The fraction of sp³-hybridized carbons (Fsp3) is 0.154. The molecule has 3 rings (SSSR count). The lowest BCUT2D eigenvalue weighted by molar-refractivity contribution is 0.390. The van der Waals surface area contributed by atoms with Crippen LogP contribution in [0, 0.1) is 13.8 Å². The van der Waals surface area contributed by atoms with E-state index in [0.717, 1.165) is 0 Å². The molecule has 0 unspecified atom stereocenters. The maximum Gasteiger partial charge on any atom is 0.267 e. The third-order valence-electron chi connectivity index (χ3n) is 3.01. The van der Waals surface area contributed by atoms with Crippen molar-refractivity contribution >= 4 is 15.7 Å². The van der Waals surface area contributed by atoms with E-state index < -0.39 is 10.0 Å². The molecule has 0 saturated heterocycles. The summed E-state index contributed by atoms with van der Waals surface area (Å²) in [5.41, 5.74) is 0.664. The molecular formula is C13H13N5O3S. The lowest BCUT2D eigenvalue weighted by atomic mass is 10.4. The summed E-state index contributed by atoms with van der Waals surface area (Å²) in [6.45, 7) is 3.13. The molecule has 0 bridgehead atoms. The number of aromatic nitrogens is 4. The van der Waals surface area contributed by atoms with Gasteiger partial charge in [-0.2, -0.15) is 0 Å². The van der Waals surface area contributed by atoms with Crippen LogP contribution in [0.4, 0.5) is 5.69 Å². The molecule has 0 aliphatic heterocycles. The van der Waals surface area contributed by atoms with Crippen LogP contribution in [0.25, 0.3) is 5.82 Å². The molecule has 0 amide bonds. The van der Waals surface area contributed by atoms with E-state index in [1.807, 2.05) is 0 Å². The molecule has 114 valence electrons. The van der Waals surface area contributed by atoms with Gasteiger partial charge >= 0.3 is 0 Å². The molecule has 22 heavy (non-hydrogen) atoms. The van der Waals surface area contributed by atoms with Crippen molar-refractivity contribution in [3.63, 3.8) is 0 Å². The highest BCUT2D eigenvalue weighted by Gasteiger charge is 2.24. The van der Waals surface area contributed by atoms with Crippen molar-refractivity contribution in [2.75, 3.05) is 4.72 Å². The first-order chi connectivity index (χ1) is 10.5. The number of hydrogen-bond acceptors (Lipinski definition) is 6. The average Bonchev–Trinajstić information content (AvgIpc) is 3.09. The molecule has 9 heteroatoms. The van der Waals surface area contributed by atoms with Crippen LogP contribution in [0.15, 0.2) is 46.5 Å². The van der Waals surface area contributed by atoms with E-state index >= 15 is 0 Å². The SMILES string of the molecule is Cc1noc(C)c1S(=O)(=O)Nc1ccc(-n2ccnc2)nc1. The van der Waals surface area contributed by atoms with Crippen molar-refractivity contribution in [2.24, 2.45) is 0 Å². The molecule has 0 atom stereocenters. The Morgan fingerprint density at radius 1 is 1.27 bits per heavy atom. The summed E-state index contributed by atoms with van der Waals surface area (Å²) in [4.78, 5) is 8.16. The van der Waals surface area contributed by atoms with Crippen LogP contribution in [-0.4, -0.2) is 28.1 Å². The molecule has 0 fully saturated rings. The second kappa shape index (κ2) is 5.26. The van der Waals surface area contributed by atoms with Gasteiger partial charge in [0.25, 0.3) is 10.0 Å². The summed E-state index contributed by atoms with van der Waals surface area (Å²) in [6.07, 6.45) is 6.42. The van der Waals surface area contributed by atoms with Crippen LogP contribution in [-0.2, 0) is 10.0 Å². The Kier molecular flexibility index (Phi) is 3.41. The zero-order chi connectivity index (χ0) is 15.7. The van der Waals surface area contributed by atoms with E-state index in [4.69, 9.17) is 4.52 Å². The summed E-state index contributed by atoms with van der Waals surface area (Å²) in [6, 6.07) is 3.31. The largest absolute Gasteiger partial charge is 0.360 e. The van der Waals surface area contributed by atoms with Crippen LogP contribution >= 0.6 is 0 Å². The molecule has 0 aliphatic rings. The first kappa shape index (κ1) is 14.3. The van der Waals surface area contributed by atoms with Crippen molar-refractivity contribution in [1.29, 1.82) is 0 Å². The number of anilines is 1. The summed E-state index contributed by atoms with van der Waals surface area (Å²) >= 11 is 0. The Balaban J connectivity index is 1.87. The molecule has 0 spiro atoms. The van der Waals surface area contributed by atoms with E-state index in [2.05, 4.69) is 19.8 Å². The monoisotopic (exact) mass is 319 g/mol. The third kappa shape index (κ3) is 2.58. The number of imidazole rings is 1. The highest BCUT2D eigenvalue weighted by atomic mass is 32.2. The van der Waals surface area contributed by atoms with Crippen LogP contribution in [0.3, 0.4) is 0 Å². The Bertz CT molecular complexity index is 863. The molecular weight excluding hydrogens is 306 g/mol. The van der Waals surface area contributed by atoms with Gasteiger partial charge in [0, 0.05) is 12.4 Å². The molecule has 0 aromatic carbocycles. The lowest BCUT2D eigenvalue weighted by Gasteiger charge is -2.08. The summed E-state index contributed by atoms with van der Waals surface area (Å²) in [7, 11) is -3.76. The van der Waals surface area contributed by atoms with Gasteiger partial charge in [0.1, 0.15) is 17.8 Å². The van der Waals surface area contributed by atoms with E-state index in [9.17, 15) is 8.42 Å². The molecule has 0 radical (unpaired) electrons. The number of rotatable bonds is 4. The number of hydrogen-bond donors (Lipinski definition) is 1. The summed E-state index contributed by atoms with van der Waals surface area (Å²) in [5, 5.41) is 3.65. The van der Waals surface area contributed by atoms with Crippen molar-refractivity contribution < 1.29 is 12.9 Å². The molecule has 0 saturated carbocycles. The molecule has 0 aliphatic carbocycles. The highest BCUT2D eigenvalue weighted by molar-refractivity contribution is 7.92. The maximum absolute atomic E-state index is 12.4. The minimum absolute atomic E-state index is 0.0474. The van der Waals surface area contributed by atoms with Gasteiger partial charge in [-0.1, -0.05) is 5.16 Å². The van der Waals surface area contributed by atoms with Crippen molar-refractivity contribution in [2.45, 2.75) is 18.7 Å². The first-order valence-corrected chi connectivity index (χ1v) is 7.86. The second-order valence-corrected chi connectivity index (χ2v) is 6.25. The summed E-state index contributed by atoms with van der Waals surface area (Å²) in [5.74, 6) is 0.880. The van der Waals surface area contributed by atoms with Crippen molar-refractivity contribution in [3.8, 4) is 5.82 Å². The Hall–Kier alpha value is -2.68. The van der Waals surface area contributed by atoms with Gasteiger partial charge in [-0.15, -0.1) is 0 Å². The number of pyridine rings is 1. The third-order valence-corrected chi connectivity index (χ3v) is 4.63. The van der Waals surface area contributed by atoms with Gasteiger partial charge in [0.2, 0.25) is 0 Å². The van der Waals surface area contributed by atoms with Crippen molar-refractivity contribution in [1.82, 2.24) is 19.7 Å². The predicted octanol–water partition coefficient (Wildman–Crippen LogP) is 1.67. The van der Waals surface area contributed by atoms with Crippen LogP contribution < -0.4 is 4.72 Å². The Morgan fingerprint density at radius 3 is 2.64 bits per heavy atom. The van der Waals surface area contributed by atoms with E-state index in [-0.39, 0.29) is 10.7 Å². The fourth-order valence-corrected chi connectivity index (χ4v) is 3.43. The standard InChI is InChI=1S/C13H13N5O3S/c1-9-13(10(2)21-16-9)22(19,20)17-11-3-4-12(15-7-11)18-6-5-14-8-18/h3-8,17H,1-2H3. The second-order valence-electron chi connectivity index (χ2n) is 4.63. The molecule has 3 aromatic heterocycles. The normalized spacial score (nSPS) is 11.5. The summed E-state index contributed by atoms with van der Waals surface area (Å²) < 4.78 is 33.8. The van der Waals surface area contributed by atoms with E-state index in [1.165, 1.54) is 6.20 Å². The Labute approximate surface area is 126 Å². The predicted molar refractivity (Wildman–Crippen MR) is 78.1 cm³/mol. The van der Waals surface area contributed by atoms with Gasteiger partial charge in [-0.25, -0.2) is 18.4 Å². The van der Waals surface area contributed by atoms with Crippen LogP contribution in [0.2, 0.25) is 0 Å². The number of aryl methyl sites for hydroxylation is 2. The fourth-order valence-electron chi connectivity index (χ4n) is 2.06. The van der Waals surface area contributed by atoms with Crippen LogP contribution in [0.5, 0.6) is 0 Å². The van der Waals surface area contributed by atoms with Crippen molar-refractivity contribution in [3.05, 3.63) is 48.5 Å². The lowest BCUT2D eigenvalue weighted by Crippen LogP contribution is -2.14. The Morgan fingerprint density at radius 2 is 2.09 bits per heavy atom. The molecule has 3 aromatic rings. The van der Waals surface area contributed by atoms with Gasteiger partial charge in [0.15, 0.2) is 10.7 Å². The number of nitrogens with one attached hydrogen (secondary N) is 1. The highest BCUT2D eigenvalue weighted by Crippen LogP contribution is 2.22. The zero-order valence-corrected chi connectivity index (χ0v) is 12.7. The first-order valence-electron chi connectivity index (χ1n) is 6.37. The molecule has 1 N–H and O–H groups in total.